The van der Waals surface area contributed by atoms with E-state index in [9.17, 15) is 13.6 Å². The van der Waals surface area contributed by atoms with Crippen molar-refractivity contribution in [3.63, 3.8) is 0 Å². The van der Waals surface area contributed by atoms with Crippen LogP contribution in [0.1, 0.15) is 33.8 Å². The fourth-order valence-electron chi connectivity index (χ4n) is 2.29. The zero-order valence-electron chi connectivity index (χ0n) is 11.5. The highest BCUT2D eigenvalue weighted by atomic mass is 19.3. The second-order valence-corrected chi connectivity index (χ2v) is 4.87. The van der Waals surface area contributed by atoms with Gasteiger partial charge in [0.05, 0.1) is 0 Å². The fraction of sp³-hybridized carbons (Fsp3) is 0.167. The van der Waals surface area contributed by atoms with Crippen molar-refractivity contribution in [1.29, 1.82) is 0 Å². The molecule has 0 spiro atoms. The molecule has 0 N–H and O–H groups in total. The van der Waals surface area contributed by atoms with Crippen molar-refractivity contribution in [3.8, 4) is 0 Å². The number of hydrogen-bond donors (Lipinski definition) is 0. The molecule has 0 saturated heterocycles. The lowest BCUT2D eigenvalue weighted by Gasteiger charge is -2.13. The lowest BCUT2D eigenvalue weighted by atomic mass is 9.92. The van der Waals surface area contributed by atoms with Crippen molar-refractivity contribution in [3.05, 3.63) is 83.4 Å². The molecule has 0 radical (unpaired) electrons. The lowest BCUT2D eigenvalue weighted by molar-refractivity contribution is 0.112. The van der Waals surface area contributed by atoms with Gasteiger partial charge in [-0.3, -0.25) is 4.79 Å². The van der Waals surface area contributed by atoms with Crippen LogP contribution in [0.3, 0.4) is 0 Å². The summed E-state index contributed by atoms with van der Waals surface area (Å²) in [4.78, 5) is 10.6. The first kappa shape index (κ1) is 15.1. The van der Waals surface area contributed by atoms with Gasteiger partial charge in [0.15, 0.2) is 0 Å². The SMILES string of the molecule is O=Cc1ccc(C(C=C(F)F)CCc2ccccc2)cc1. The Balaban J connectivity index is 2.14. The summed E-state index contributed by atoms with van der Waals surface area (Å²) in [7, 11) is 0. The van der Waals surface area contributed by atoms with Gasteiger partial charge >= 0.3 is 0 Å². The van der Waals surface area contributed by atoms with Crippen molar-refractivity contribution in [1.82, 2.24) is 0 Å². The first-order valence-electron chi connectivity index (χ1n) is 6.81. The molecule has 1 atom stereocenters. The van der Waals surface area contributed by atoms with Crippen LogP contribution in [0.15, 0.2) is 66.8 Å². The van der Waals surface area contributed by atoms with Crippen LogP contribution in [0, 0.1) is 0 Å². The molecule has 1 unspecified atom stereocenters. The molecule has 3 heteroatoms. The van der Waals surface area contributed by atoms with Crippen LogP contribution in [0.2, 0.25) is 0 Å². The summed E-state index contributed by atoms with van der Waals surface area (Å²) in [6, 6.07) is 16.6. The summed E-state index contributed by atoms with van der Waals surface area (Å²) in [5.41, 5.74) is 2.47. The summed E-state index contributed by atoms with van der Waals surface area (Å²) in [5.74, 6) is -0.351. The molecule has 2 rings (SSSR count). The number of benzene rings is 2. The third-order valence-corrected chi connectivity index (χ3v) is 3.41. The van der Waals surface area contributed by atoms with E-state index in [1.165, 1.54) is 0 Å². The number of aldehydes is 1. The molecule has 0 aliphatic carbocycles. The van der Waals surface area contributed by atoms with E-state index in [-0.39, 0.29) is 5.92 Å². The molecule has 2 aromatic rings. The largest absolute Gasteiger partial charge is 0.298 e. The van der Waals surface area contributed by atoms with E-state index in [4.69, 9.17) is 0 Å². The summed E-state index contributed by atoms with van der Waals surface area (Å²) in [6.45, 7) is 0. The smallest absolute Gasteiger partial charge is 0.266 e. The van der Waals surface area contributed by atoms with Crippen molar-refractivity contribution in [2.75, 3.05) is 0 Å². The van der Waals surface area contributed by atoms with Gasteiger partial charge in [-0.1, -0.05) is 54.6 Å². The number of halogens is 2. The predicted octanol–water partition coefficient (Wildman–Crippen LogP) is 5.00. The first-order valence-corrected chi connectivity index (χ1v) is 6.81. The van der Waals surface area contributed by atoms with E-state index in [0.29, 0.717) is 12.0 Å². The highest BCUT2D eigenvalue weighted by molar-refractivity contribution is 5.74. The summed E-state index contributed by atoms with van der Waals surface area (Å²) >= 11 is 0. The molecule has 0 aliphatic heterocycles. The predicted molar refractivity (Wildman–Crippen MR) is 79.6 cm³/mol. The maximum atomic E-state index is 12.6. The van der Waals surface area contributed by atoms with Crippen LogP contribution in [0.25, 0.3) is 0 Å². The molecular weight excluding hydrogens is 270 g/mol. The van der Waals surface area contributed by atoms with Gasteiger partial charge in [0, 0.05) is 11.5 Å². The Hall–Kier alpha value is -2.29. The molecule has 2 aromatic carbocycles. The fourth-order valence-corrected chi connectivity index (χ4v) is 2.29. The number of aryl methyl sites for hydroxylation is 1. The molecular formula is C18H16F2O. The van der Waals surface area contributed by atoms with Crippen molar-refractivity contribution < 1.29 is 13.6 Å². The van der Waals surface area contributed by atoms with Crippen LogP contribution in [0.5, 0.6) is 0 Å². The third-order valence-electron chi connectivity index (χ3n) is 3.41. The number of allylic oxidation sites excluding steroid dienone is 1. The molecule has 0 heterocycles. The van der Waals surface area contributed by atoms with Gasteiger partial charge < -0.3 is 0 Å². The second-order valence-electron chi connectivity index (χ2n) is 4.87. The molecule has 0 saturated carbocycles. The summed E-state index contributed by atoms with van der Waals surface area (Å²) in [6.07, 6.45) is 1.38. The zero-order valence-corrected chi connectivity index (χ0v) is 11.5. The second kappa shape index (κ2) is 7.48. The van der Waals surface area contributed by atoms with E-state index in [1.54, 1.807) is 24.3 Å². The molecule has 0 aromatic heterocycles. The Labute approximate surface area is 122 Å². The quantitative estimate of drug-likeness (QED) is 0.683. The van der Waals surface area contributed by atoms with Crippen LogP contribution in [0.4, 0.5) is 8.78 Å². The van der Waals surface area contributed by atoms with E-state index >= 15 is 0 Å². The minimum Gasteiger partial charge on any atom is -0.298 e. The van der Waals surface area contributed by atoms with Gasteiger partial charge in [-0.2, -0.15) is 8.78 Å². The lowest BCUT2D eigenvalue weighted by Crippen LogP contribution is -1.99. The Morgan fingerprint density at radius 3 is 2.24 bits per heavy atom. The molecule has 1 nitrogen and oxygen atoms in total. The van der Waals surface area contributed by atoms with E-state index < -0.39 is 6.08 Å². The number of carbonyl (C=O) groups excluding carboxylic acids is 1. The van der Waals surface area contributed by atoms with Crippen LogP contribution in [-0.4, -0.2) is 6.29 Å². The minimum atomic E-state index is -1.67. The highest BCUT2D eigenvalue weighted by Gasteiger charge is 2.11. The minimum absolute atomic E-state index is 0.351. The molecule has 0 aliphatic rings. The standard InChI is InChI=1S/C18H16F2O/c19-18(20)12-17(11-6-14-4-2-1-3-5-14)16-9-7-15(13-21)8-10-16/h1-5,7-10,12-13,17H,6,11H2. The average molecular weight is 286 g/mol. The van der Waals surface area contributed by atoms with Crippen LogP contribution in [-0.2, 0) is 6.42 Å². The van der Waals surface area contributed by atoms with E-state index in [2.05, 4.69) is 0 Å². The number of rotatable bonds is 6. The average Bonchev–Trinajstić information content (AvgIpc) is 2.52. The van der Waals surface area contributed by atoms with Crippen LogP contribution < -0.4 is 0 Å². The van der Waals surface area contributed by atoms with Gasteiger partial charge in [-0.25, -0.2) is 0 Å². The first-order chi connectivity index (χ1) is 10.2. The Morgan fingerprint density at radius 2 is 1.67 bits per heavy atom. The highest BCUT2D eigenvalue weighted by Crippen LogP contribution is 2.25. The molecule has 0 bridgehead atoms. The summed E-state index contributed by atoms with van der Waals surface area (Å²) in [5, 5.41) is 0. The maximum Gasteiger partial charge on any atom is 0.266 e. The van der Waals surface area contributed by atoms with E-state index in [1.807, 2.05) is 30.3 Å². The maximum absolute atomic E-state index is 12.6. The molecule has 21 heavy (non-hydrogen) atoms. The van der Waals surface area contributed by atoms with Gasteiger partial charge in [-0.15, -0.1) is 0 Å². The van der Waals surface area contributed by atoms with Gasteiger partial charge in [0.1, 0.15) is 6.29 Å². The monoisotopic (exact) mass is 286 g/mol. The Morgan fingerprint density at radius 1 is 1.00 bits per heavy atom. The van der Waals surface area contributed by atoms with E-state index in [0.717, 1.165) is 29.9 Å². The van der Waals surface area contributed by atoms with Gasteiger partial charge in [0.25, 0.3) is 6.08 Å². The molecule has 0 fully saturated rings. The molecule has 0 amide bonds. The Bertz CT molecular complexity index is 599. The van der Waals surface area contributed by atoms with Crippen LogP contribution >= 0.6 is 0 Å². The third kappa shape index (κ3) is 4.63. The summed E-state index contributed by atoms with van der Waals surface area (Å²) < 4.78 is 25.3. The van der Waals surface area contributed by atoms with Gasteiger partial charge in [-0.05, 0) is 30.0 Å². The normalized spacial score (nSPS) is 11.7. The zero-order chi connectivity index (χ0) is 15.1. The topological polar surface area (TPSA) is 17.1 Å². The van der Waals surface area contributed by atoms with Gasteiger partial charge in [0.2, 0.25) is 0 Å². The van der Waals surface area contributed by atoms with Crippen molar-refractivity contribution in [2.24, 2.45) is 0 Å². The number of carbonyl (C=O) groups is 1. The van der Waals surface area contributed by atoms with Crippen molar-refractivity contribution in [2.45, 2.75) is 18.8 Å². The number of hydrogen-bond acceptors (Lipinski definition) is 1. The molecule has 108 valence electrons. The Kier molecular flexibility index (Phi) is 5.38. The van der Waals surface area contributed by atoms with Crippen molar-refractivity contribution >= 4 is 6.29 Å².